The number of carbonyl (C=O) groups excluding carboxylic acids is 2. The summed E-state index contributed by atoms with van der Waals surface area (Å²) in [6.45, 7) is 7.64. The van der Waals surface area contributed by atoms with Gasteiger partial charge in [-0.2, -0.15) is 0 Å². The van der Waals surface area contributed by atoms with Crippen LogP contribution in [-0.2, 0) is 23.8 Å². The largest absolute Gasteiger partial charge is 0.462 e. The first kappa shape index (κ1) is 63.1. The molecule has 0 saturated carbocycles. The van der Waals surface area contributed by atoms with Crippen LogP contribution in [0.1, 0.15) is 265 Å². The minimum atomic E-state index is -0.561. The van der Waals surface area contributed by atoms with E-state index in [2.05, 4.69) is 106 Å². The van der Waals surface area contributed by atoms with Crippen molar-refractivity contribution >= 4 is 11.9 Å². The second-order valence-corrected chi connectivity index (χ2v) is 18.5. The molecule has 0 aliphatic carbocycles. The number of esters is 2. The summed E-state index contributed by atoms with van der Waals surface area (Å²) in [5.41, 5.74) is 0. The number of ether oxygens (including phenoxy) is 3. The van der Waals surface area contributed by atoms with Crippen LogP contribution in [0.2, 0.25) is 0 Å². The van der Waals surface area contributed by atoms with Crippen LogP contribution in [0, 0.1) is 0 Å². The maximum atomic E-state index is 12.8. The van der Waals surface area contributed by atoms with Crippen molar-refractivity contribution in [2.45, 2.75) is 271 Å². The first-order chi connectivity index (χ1) is 32.6. The normalized spacial score (nSPS) is 12.8. The number of rotatable bonds is 51. The van der Waals surface area contributed by atoms with E-state index in [0.717, 1.165) is 83.5 Å². The monoisotopic (exact) mass is 919 g/mol. The van der Waals surface area contributed by atoms with Gasteiger partial charge in [0.15, 0.2) is 6.10 Å². The number of carbonyl (C=O) groups is 2. The molecular formula is C61H106O5. The van der Waals surface area contributed by atoms with E-state index in [9.17, 15) is 9.59 Å². The molecule has 0 spiro atoms. The van der Waals surface area contributed by atoms with Crippen molar-refractivity contribution in [3.8, 4) is 0 Å². The Morgan fingerprint density at radius 2 is 0.682 bits per heavy atom. The van der Waals surface area contributed by atoms with Crippen LogP contribution < -0.4 is 0 Å². The Morgan fingerprint density at radius 1 is 0.348 bits per heavy atom. The second kappa shape index (κ2) is 56.4. The fourth-order valence-electron chi connectivity index (χ4n) is 7.74. The van der Waals surface area contributed by atoms with Gasteiger partial charge < -0.3 is 14.2 Å². The smallest absolute Gasteiger partial charge is 0.306 e. The minimum absolute atomic E-state index is 0.0586. The van der Waals surface area contributed by atoms with Gasteiger partial charge in [-0.15, -0.1) is 0 Å². The molecule has 1 atom stereocenters. The highest BCUT2D eigenvalue weighted by Gasteiger charge is 2.17. The molecule has 0 bridgehead atoms. The molecule has 0 heterocycles. The predicted octanol–water partition coefficient (Wildman–Crippen LogP) is 19.2. The summed E-state index contributed by atoms with van der Waals surface area (Å²) in [5.74, 6) is -0.445. The van der Waals surface area contributed by atoms with Crippen LogP contribution in [0.3, 0.4) is 0 Å². The Bertz CT molecular complexity index is 1220. The van der Waals surface area contributed by atoms with Gasteiger partial charge in [0.05, 0.1) is 6.61 Å². The Balaban J connectivity index is 4.33. The fourth-order valence-corrected chi connectivity index (χ4v) is 7.74. The lowest BCUT2D eigenvalue weighted by molar-refractivity contribution is -0.163. The molecule has 66 heavy (non-hydrogen) atoms. The fraction of sp³-hybridized carbons (Fsp3) is 0.738. The lowest BCUT2D eigenvalue weighted by Gasteiger charge is -2.18. The van der Waals surface area contributed by atoms with Crippen molar-refractivity contribution in [3.05, 3.63) is 85.1 Å². The molecule has 0 rings (SSSR count). The zero-order valence-electron chi connectivity index (χ0n) is 43.7. The Morgan fingerprint density at radius 3 is 1.15 bits per heavy atom. The molecule has 0 aromatic rings. The van der Waals surface area contributed by atoms with Gasteiger partial charge >= 0.3 is 11.9 Å². The topological polar surface area (TPSA) is 61.8 Å². The standard InChI is InChI=1S/C61H106O5/c1-4-7-10-13-16-19-22-25-28-29-30-31-32-35-38-41-44-47-50-53-56-64-57-59(66-61(63)55-52-49-46-43-40-37-34-27-24-21-18-15-12-9-6-3)58-65-60(62)54-51-48-45-42-39-36-33-26-23-20-17-14-11-8-5-2/h8,11,16-17,19-20,25-26,28,30-31,33,39,42,59H,4-7,9-10,12-15,18,21-24,27,29,32,34-38,40-41,43-58H2,1-3H3/b11-8-,19-16-,20-17-,28-25-,31-30-,33-26-,42-39-. The van der Waals surface area contributed by atoms with E-state index < -0.39 is 6.10 Å². The third-order valence-corrected chi connectivity index (χ3v) is 11.9. The summed E-state index contributed by atoms with van der Waals surface area (Å²) >= 11 is 0. The van der Waals surface area contributed by atoms with Gasteiger partial charge in [0.25, 0.3) is 0 Å². The Kier molecular flexibility index (Phi) is 53.9. The van der Waals surface area contributed by atoms with E-state index in [0.29, 0.717) is 19.4 Å². The minimum Gasteiger partial charge on any atom is -0.462 e. The molecule has 5 nitrogen and oxygen atoms in total. The molecule has 0 aliphatic rings. The van der Waals surface area contributed by atoms with Crippen molar-refractivity contribution in [2.24, 2.45) is 0 Å². The van der Waals surface area contributed by atoms with Crippen molar-refractivity contribution in [3.63, 3.8) is 0 Å². The van der Waals surface area contributed by atoms with E-state index in [4.69, 9.17) is 14.2 Å². The molecule has 0 aromatic heterocycles. The molecule has 380 valence electrons. The molecule has 0 aromatic carbocycles. The van der Waals surface area contributed by atoms with Gasteiger partial charge in [0, 0.05) is 19.4 Å². The lowest BCUT2D eigenvalue weighted by Crippen LogP contribution is -2.30. The Labute approximate surface area is 409 Å². The molecule has 0 radical (unpaired) electrons. The van der Waals surface area contributed by atoms with E-state index in [1.165, 1.54) is 148 Å². The van der Waals surface area contributed by atoms with Crippen molar-refractivity contribution in [1.29, 1.82) is 0 Å². The van der Waals surface area contributed by atoms with Crippen LogP contribution in [-0.4, -0.2) is 37.9 Å². The maximum absolute atomic E-state index is 12.8. The number of unbranched alkanes of at least 4 members (excludes halogenated alkanes) is 26. The predicted molar refractivity (Wildman–Crippen MR) is 288 cm³/mol. The second-order valence-electron chi connectivity index (χ2n) is 18.5. The highest BCUT2D eigenvalue weighted by Crippen LogP contribution is 2.15. The average molecular weight is 920 g/mol. The van der Waals surface area contributed by atoms with E-state index in [1.807, 2.05) is 0 Å². The summed E-state index contributed by atoms with van der Waals surface area (Å²) in [7, 11) is 0. The first-order valence-corrected chi connectivity index (χ1v) is 28.1. The van der Waals surface area contributed by atoms with Crippen LogP contribution >= 0.6 is 0 Å². The summed E-state index contributed by atoms with van der Waals surface area (Å²) in [4.78, 5) is 25.5. The van der Waals surface area contributed by atoms with Gasteiger partial charge in [0.2, 0.25) is 0 Å². The van der Waals surface area contributed by atoms with Crippen molar-refractivity contribution < 1.29 is 23.8 Å². The van der Waals surface area contributed by atoms with E-state index in [1.54, 1.807) is 0 Å². The van der Waals surface area contributed by atoms with E-state index >= 15 is 0 Å². The van der Waals surface area contributed by atoms with Crippen LogP contribution in [0.4, 0.5) is 0 Å². The van der Waals surface area contributed by atoms with Gasteiger partial charge in [-0.25, -0.2) is 0 Å². The van der Waals surface area contributed by atoms with Crippen LogP contribution in [0.25, 0.3) is 0 Å². The first-order valence-electron chi connectivity index (χ1n) is 28.1. The Hall–Kier alpha value is -2.92. The molecule has 1 unspecified atom stereocenters. The molecule has 0 aliphatic heterocycles. The zero-order chi connectivity index (χ0) is 47.7. The number of allylic oxidation sites excluding steroid dienone is 14. The van der Waals surface area contributed by atoms with Gasteiger partial charge in [0.1, 0.15) is 6.61 Å². The highest BCUT2D eigenvalue weighted by molar-refractivity contribution is 5.70. The van der Waals surface area contributed by atoms with Gasteiger partial charge in [-0.3, -0.25) is 9.59 Å². The molecule has 0 saturated heterocycles. The van der Waals surface area contributed by atoms with Crippen LogP contribution in [0.5, 0.6) is 0 Å². The summed E-state index contributed by atoms with van der Waals surface area (Å²) < 4.78 is 17.4. The average Bonchev–Trinajstić information content (AvgIpc) is 3.32. The molecular weight excluding hydrogens is 813 g/mol. The lowest BCUT2D eigenvalue weighted by atomic mass is 10.0. The zero-order valence-corrected chi connectivity index (χ0v) is 43.7. The van der Waals surface area contributed by atoms with Crippen molar-refractivity contribution in [1.82, 2.24) is 0 Å². The summed E-state index contributed by atoms with van der Waals surface area (Å²) in [5, 5.41) is 0. The maximum Gasteiger partial charge on any atom is 0.306 e. The third kappa shape index (κ3) is 53.7. The SMILES string of the molecule is CC/C=C\C/C=C\C/C=C\C/C=C\CCCCC(=O)OCC(COCCCCCCCCC/C=C\C/C=C\C/C=C\CCCCC)OC(=O)CCCCCCCCCCCCCCCCC. The number of hydrogen-bond donors (Lipinski definition) is 0. The van der Waals surface area contributed by atoms with E-state index in [-0.39, 0.29) is 25.2 Å². The summed E-state index contributed by atoms with van der Waals surface area (Å²) in [6.07, 6.45) is 74.6. The highest BCUT2D eigenvalue weighted by atomic mass is 16.6. The van der Waals surface area contributed by atoms with Crippen LogP contribution in [0.15, 0.2) is 85.1 Å². The number of hydrogen-bond acceptors (Lipinski definition) is 5. The van der Waals surface area contributed by atoms with Crippen molar-refractivity contribution in [2.75, 3.05) is 19.8 Å². The van der Waals surface area contributed by atoms with Gasteiger partial charge in [-0.1, -0.05) is 241 Å². The third-order valence-electron chi connectivity index (χ3n) is 11.9. The molecule has 0 N–H and O–H groups in total. The quantitative estimate of drug-likeness (QED) is 0.0346. The molecule has 5 heteroatoms. The van der Waals surface area contributed by atoms with Gasteiger partial charge in [-0.05, 0) is 96.3 Å². The molecule has 0 fully saturated rings. The molecule has 0 amide bonds. The summed E-state index contributed by atoms with van der Waals surface area (Å²) in [6, 6.07) is 0.